The molecule has 1 heterocycles. The van der Waals surface area contributed by atoms with Gasteiger partial charge in [0.25, 0.3) is 0 Å². The molecule has 2 nitrogen and oxygen atoms in total. The van der Waals surface area contributed by atoms with Gasteiger partial charge in [-0.05, 0) is 40.6 Å². The van der Waals surface area contributed by atoms with Crippen LogP contribution < -0.4 is 5.73 Å². The fraction of sp³-hybridized carbons (Fsp3) is 0.125. The van der Waals surface area contributed by atoms with Crippen LogP contribution in [-0.4, -0.2) is 5.11 Å². The Hall–Kier alpha value is -1.91. The minimum Gasteiger partial charge on any atom is -0.398 e. The van der Waals surface area contributed by atoms with Crippen molar-refractivity contribution in [2.45, 2.75) is 12.5 Å². The third kappa shape index (κ3) is 2.40. The van der Waals surface area contributed by atoms with E-state index in [1.165, 1.54) is 22.9 Å². The summed E-state index contributed by atoms with van der Waals surface area (Å²) in [5, 5.41) is 13.5. The second kappa shape index (κ2) is 5.23. The third-order valence-corrected chi connectivity index (χ3v) is 4.39. The van der Waals surface area contributed by atoms with E-state index in [1.807, 2.05) is 29.6 Å². The van der Waals surface area contributed by atoms with Crippen molar-refractivity contribution in [3.05, 3.63) is 64.8 Å². The smallest absolute Gasteiger partial charge is 0.123 e. The standard InChI is InChI=1S/C16H14FNOS/c17-11-5-6-14(18)13(8-11)15(19)7-10-9-20-16-4-2-1-3-12(10)16/h1-6,8-9,15,19H,7,18H2. The first-order valence-corrected chi connectivity index (χ1v) is 7.21. The van der Waals surface area contributed by atoms with Gasteiger partial charge in [0.15, 0.2) is 0 Å². The van der Waals surface area contributed by atoms with Gasteiger partial charge in [-0.3, -0.25) is 0 Å². The average molecular weight is 287 g/mol. The third-order valence-electron chi connectivity index (χ3n) is 3.38. The Bertz CT molecular complexity index is 753. The van der Waals surface area contributed by atoms with Gasteiger partial charge in [0.2, 0.25) is 0 Å². The first-order valence-electron chi connectivity index (χ1n) is 6.33. The van der Waals surface area contributed by atoms with Crippen LogP contribution in [0.4, 0.5) is 10.1 Å². The zero-order valence-corrected chi connectivity index (χ0v) is 11.5. The number of aliphatic hydroxyl groups is 1. The molecule has 0 aliphatic rings. The first-order chi connectivity index (χ1) is 9.65. The lowest BCUT2D eigenvalue weighted by atomic mass is 9.99. The van der Waals surface area contributed by atoms with Gasteiger partial charge in [0, 0.05) is 22.4 Å². The number of halogens is 1. The second-order valence-corrected chi connectivity index (χ2v) is 5.66. The van der Waals surface area contributed by atoms with Crippen LogP contribution in [0.2, 0.25) is 0 Å². The van der Waals surface area contributed by atoms with Crippen LogP contribution in [0.5, 0.6) is 0 Å². The summed E-state index contributed by atoms with van der Waals surface area (Å²) < 4.78 is 14.5. The quantitative estimate of drug-likeness (QED) is 0.718. The monoisotopic (exact) mass is 287 g/mol. The number of aliphatic hydroxyl groups excluding tert-OH is 1. The van der Waals surface area contributed by atoms with Gasteiger partial charge in [0.1, 0.15) is 5.82 Å². The number of thiophene rings is 1. The number of hydrogen-bond donors (Lipinski definition) is 2. The summed E-state index contributed by atoms with van der Waals surface area (Å²) >= 11 is 1.64. The van der Waals surface area contributed by atoms with Crippen molar-refractivity contribution in [1.29, 1.82) is 0 Å². The number of benzene rings is 2. The zero-order chi connectivity index (χ0) is 14.1. The van der Waals surface area contributed by atoms with Gasteiger partial charge in [-0.25, -0.2) is 4.39 Å². The molecule has 0 aliphatic carbocycles. The van der Waals surface area contributed by atoms with E-state index < -0.39 is 6.10 Å². The molecule has 20 heavy (non-hydrogen) atoms. The van der Waals surface area contributed by atoms with E-state index in [-0.39, 0.29) is 5.82 Å². The van der Waals surface area contributed by atoms with Crippen LogP contribution >= 0.6 is 11.3 Å². The van der Waals surface area contributed by atoms with Crippen LogP contribution in [0, 0.1) is 5.82 Å². The second-order valence-electron chi connectivity index (χ2n) is 4.75. The lowest BCUT2D eigenvalue weighted by Gasteiger charge is -2.13. The maximum Gasteiger partial charge on any atom is 0.123 e. The van der Waals surface area contributed by atoms with Crippen LogP contribution in [-0.2, 0) is 6.42 Å². The Morgan fingerprint density at radius 1 is 1.20 bits per heavy atom. The van der Waals surface area contributed by atoms with E-state index in [2.05, 4.69) is 0 Å². The van der Waals surface area contributed by atoms with Crippen molar-refractivity contribution < 1.29 is 9.50 Å². The summed E-state index contributed by atoms with van der Waals surface area (Å²) in [4.78, 5) is 0. The molecule has 2 aromatic carbocycles. The average Bonchev–Trinajstić information content (AvgIpc) is 2.85. The molecule has 3 aromatic rings. The van der Waals surface area contributed by atoms with Gasteiger partial charge in [-0.2, -0.15) is 0 Å². The predicted molar refractivity (Wildman–Crippen MR) is 81.3 cm³/mol. The van der Waals surface area contributed by atoms with Gasteiger partial charge in [-0.1, -0.05) is 18.2 Å². The highest BCUT2D eigenvalue weighted by Crippen LogP contribution is 2.31. The molecule has 3 N–H and O–H groups in total. The van der Waals surface area contributed by atoms with Gasteiger partial charge in [-0.15, -0.1) is 11.3 Å². The molecule has 0 fully saturated rings. The van der Waals surface area contributed by atoms with E-state index in [4.69, 9.17) is 5.73 Å². The molecule has 0 saturated carbocycles. The molecule has 0 radical (unpaired) electrons. The maximum atomic E-state index is 13.3. The lowest BCUT2D eigenvalue weighted by Crippen LogP contribution is -2.05. The Morgan fingerprint density at radius 2 is 2.00 bits per heavy atom. The highest BCUT2D eigenvalue weighted by atomic mass is 32.1. The summed E-state index contributed by atoms with van der Waals surface area (Å²) in [6.45, 7) is 0. The van der Waals surface area contributed by atoms with Gasteiger partial charge >= 0.3 is 0 Å². The van der Waals surface area contributed by atoms with E-state index in [9.17, 15) is 9.50 Å². The SMILES string of the molecule is Nc1ccc(F)cc1C(O)Cc1csc2ccccc12. The van der Waals surface area contributed by atoms with Crippen LogP contribution in [0.15, 0.2) is 47.8 Å². The number of anilines is 1. The molecular weight excluding hydrogens is 273 g/mol. The fourth-order valence-electron chi connectivity index (χ4n) is 2.34. The summed E-state index contributed by atoms with van der Waals surface area (Å²) in [5.41, 5.74) is 7.73. The Labute approximate surface area is 120 Å². The molecule has 0 spiro atoms. The number of fused-ring (bicyclic) bond motifs is 1. The molecule has 0 bridgehead atoms. The van der Waals surface area contributed by atoms with Crippen molar-refractivity contribution in [1.82, 2.24) is 0 Å². The zero-order valence-electron chi connectivity index (χ0n) is 10.7. The molecule has 1 aromatic heterocycles. The first kappa shape index (κ1) is 13.1. The predicted octanol–water partition coefficient (Wildman–Crippen LogP) is 3.90. The van der Waals surface area contributed by atoms with Crippen molar-refractivity contribution in [3.8, 4) is 0 Å². The highest BCUT2D eigenvalue weighted by molar-refractivity contribution is 7.17. The summed E-state index contributed by atoms with van der Waals surface area (Å²) in [6.07, 6.45) is -0.374. The lowest BCUT2D eigenvalue weighted by molar-refractivity contribution is 0.179. The summed E-state index contributed by atoms with van der Waals surface area (Å²) in [6, 6.07) is 12.1. The Kier molecular flexibility index (Phi) is 3.42. The molecule has 1 atom stereocenters. The van der Waals surface area contributed by atoms with Crippen LogP contribution in [0.25, 0.3) is 10.1 Å². The number of hydrogen-bond acceptors (Lipinski definition) is 3. The molecule has 102 valence electrons. The minimum atomic E-state index is -0.802. The van der Waals surface area contributed by atoms with Gasteiger partial charge < -0.3 is 10.8 Å². The number of nitrogens with two attached hydrogens (primary N) is 1. The van der Waals surface area contributed by atoms with E-state index in [1.54, 1.807) is 11.3 Å². The van der Waals surface area contributed by atoms with Crippen LogP contribution in [0.1, 0.15) is 17.2 Å². The van der Waals surface area contributed by atoms with E-state index >= 15 is 0 Å². The fourth-order valence-corrected chi connectivity index (χ4v) is 3.32. The Morgan fingerprint density at radius 3 is 2.85 bits per heavy atom. The molecule has 4 heteroatoms. The topological polar surface area (TPSA) is 46.2 Å². The van der Waals surface area contributed by atoms with E-state index in [0.29, 0.717) is 17.7 Å². The Balaban J connectivity index is 1.92. The van der Waals surface area contributed by atoms with Crippen molar-refractivity contribution in [2.24, 2.45) is 0 Å². The molecule has 1 unspecified atom stereocenters. The normalized spacial score (nSPS) is 12.7. The maximum absolute atomic E-state index is 13.3. The highest BCUT2D eigenvalue weighted by Gasteiger charge is 2.15. The molecular formula is C16H14FNOS. The molecule has 0 aliphatic heterocycles. The summed E-state index contributed by atoms with van der Waals surface area (Å²) in [5.74, 6) is -0.386. The molecule has 3 rings (SSSR count). The summed E-state index contributed by atoms with van der Waals surface area (Å²) in [7, 11) is 0. The number of nitrogen functional groups attached to an aromatic ring is 1. The largest absolute Gasteiger partial charge is 0.398 e. The van der Waals surface area contributed by atoms with Gasteiger partial charge in [0.05, 0.1) is 6.10 Å². The number of rotatable bonds is 3. The van der Waals surface area contributed by atoms with Crippen LogP contribution in [0.3, 0.4) is 0 Å². The van der Waals surface area contributed by atoms with Crippen molar-refractivity contribution >= 4 is 27.1 Å². The molecule has 0 saturated heterocycles. The van der Waals surface area contributed by atoms with Crippen molar-refractivity contribution in [3.63, 3.8) is 0 Å². The molecule has 0 amide bonds. The minimum absolute atomic E-state index is 0.386. The van der Waals surface area contributed by atoms with E-state index in [0.717, 1.165) is 10.9 Å². The van der Waals surface area contributed by atoms with Crippen molar-refractivity contribution in [2.75, 3.05) is 5.73 Å².